The minimum absolute atomic E-state index is 0.0156. The molecular formula is C19H17NO2. The van der Waals surface area contributed by atoms with Crippen LogP contribution in [0.4, 0.5) is 11.4 Å². The molecule has 0 unspecified atom stereocenters. The quantitative estimate of drug-likeness (QED) is 0.618. The fraction of sp³-hybridized carbons (Fsp3) is 0.105. The lowest BCUT2D eigenvalue weighted by molar-refractivity contribution is 0.0958. The van der Waals surface area contributed by atoms with E-state index in [1.54, 1.807) is 12.1 Å². The van der Waals surface area contributed by atoms with E-state index in [9.17, 15) is 4.79 Å². The summed E-state index contributed by atoms with van der Waals surface area (Å²) in [5.41, 5.74) is 2.14. The minimum atomic E-state index is 0.0156. The van der Waals surface area contributed by atoms with Gasteiger partial charge in [0.1, 0.15) is 0 Å². The zero-order valence-corrected chi connectivity index (χ0v) is 12.2. The van der Waals surface area contributed by atoms with Gasteiger partial charge in [-0.05, 0) is 36.4 Å². The Morgan fingerprint density at radius 2 is 1.41 bits per heavy atom. The van der Waals surface area contributed by atoms with E-state index in [-0.39, 0.29) is 5.78 Å². The van der Waals surface area contributed by atoms with Gasteiger partial charge < -0.3 is 9.32 Å². The first-order valence-corrected chi connectivity index (χ1v) is 7.29. The van der Waals surface area contributed by atoms with Crippen molar-refractivity contribution in [2.24, 2.45) is 0 Å². The Bertz CT molecular complexity index is 666. The first-order chi connectivity index (χ1) is 10.8. The first-order valence-electron chi connectivity index (χ1n) is 7.29. The van der Waals surface area contributed by atoms with E-state index in [1.807, 2.05) is 60.7 Å². The summed E-state index contributed by atoms with van der Waals surface area (Å²) in [4.78, 5) is 14.3. The molecule has 0 N–H and O–H groups in total. The molecule has 2 aromatic carbocycles. The van der Waals surface area contributed by atoms with Crippen molar-refractivity contribution in [3.8, 4) is 0 Å². The van der Waals surface area contributed by atoms with Crippen molar-refractivity contribution in [1.29, 1.82) is 0 Å². The summed E-state index contributed by atoms with van der Waals surface area (Å²) in [5, 5.41) is 0. The Balaban J connectivity index is 1.79. The van der Waals surface area contributed by atoms with Crippen LogP contribution in [0.3, 0.4) is 0 Å². The van der Waals surface area contributed by atoms with Crippen LogP contribution in [-0.4, -0.2) is 12.3 Å². The maximum absolute atomic E-state index is 12.2. The number of hydrogen-bond acceptors (Lipinski definition) is 3. The summed E-state index contributed by atoms with van der Waals surface area (Å²) < 4.78 is 5.17. The van der Waals surface area contributed by atoms with Crippen molar-refractivity contribution in [1.82, 2.24) is 0 Å². The summed E-state index contributed by atoms with van der Waals surface area (Å²) in [6.07, 6.45) is 1.93. The van der Waals surface area contributed by atoms with Gasteiger partial charge in [0.05, 0.1) is 6.26 Å². The number of carbonyl (C=O) groups excluding carboxylic acids is 1. The topological polar surface area (TPSA) is 33.5 Å². The number of ketones is 1. The largest absolute Gasteiger partial charge is 0.461 e. The van der Waals surface area contributed by atoms with Crippen LogP contribution >= 0.6 is 0 Å². The predicted octanol–water partition coefficient (Wildman–Crippen LogP) is 4.69. The van der Waals surface area contributed by atoms with Gasteiger partial charge in [0.25, 0.3) is 0 Å². The Labute approximate surface area is 129 Å². The fourth-order valence-corrected chi connectivity index (χ4v) is 2.40. The van der Waals surface area contributed by atoms with E-state index in [0.717, 1.165) is 11.4 Å². The Hall–Kier alpha value is -2.81. The van der Waals surface area contributed by atoms with Crippen molar-refractivity contribution >= 4 is 17.2 Å². The van der Waals surface area contributed by atoms with Gasteiger partial charge in [-0.1, -0.05) is 36.4 Å². The lowest BCUT2D eigenvalue weighted by Crippen LogP contribution is -2.20. The second-order valence-corrected chi connectivity index (χ2v) is 4.97. The van der Waals surface area contributed by atoms with E-state index in [0.29, 0.717) is 18.7 Å². The number of Topliss-reactive ketones (excluding diaryl/α,β-unsaturated/α-hetero) is 1. The molecule has 0 saturated heterocycles. The van der Waals surface area contributed by atoms with Crippen molar-refractivity contribution < 1.29 is 9.21 Å². The van der Waals surface area contributed by atoms with Gasteiger partial charge >= 0.3 is 0 Å². The molecule has 0 spiro atoms. The van der Waals surface area contributed by atoms with E-state index in [2.05, 4.69) is 4.90 Å². The van der Waals surface area contributed by atoms with Gasteiger partial charge in [0, 0.05) is 24.3 Å². The molecular weight excluding hydrogens is 274 g/mol. The lowest BCUT2D eigenvalue weighted by Gasteiger charge is -2.24. The molecule has 1 heterocycles. The smallest absolute Gasteiger partial charge is 0.199 e. The summed E-state index contributed by atoms with van der Waals surface area (Å²) in [5.74, 6) is 0.433. The Morgan fingerprint density at radius 3 is 1.91 bits per heavy atom. The van der Waals surface area contributed by atoms with Crippen LogP contribution in [-0.2, 0) is 0 Å². The molecule has 22 heavy (non-hydrogen) atoms. The number of hydrogen-bond donors (Lipinski definition) is 0. The molecule has 0 bridgehead atoms. The number of anilines is 2. The Morgan fingerprint density at radius 1 is 0.818 bits per heavy atom. The SMILES string of the molecule is O=C(CCN(c1ccccc1)c1ccccc1)c1ccco1. The van der Waals surface area contributed by atoms with Gasteiger partial charge in [-0.15, -0.1) is 0 Å². The number of furan rings is 1. The number of nitrogens with zero attached hydrogens (tertiary/aromatic N) is 1. The molecule has 0 aliphatic heterocycles. The zero-order chi connectivity index (χ0) is 15.2. The van der Waals surface area contributed by atoms with Gasteiger partial charge in [-0.3, -0.25) is 4.79 Å². The highest BCUT2D eigenvalue weighted by Gasteiger charge is 2.13. The standard InChI is InChI=1S/C19H17NO2/c21-18(19-12-7-15-22-19)13-14-20(16-8-3-1-4-9-16)17-10-5-2-6-11-17/h1-12,15H,13-14H2. The summed E-state index contributed by atoms with van der Waals surface area (Å²) in [6.45, 7) is 0.605. The minimum Gasteiger partial charge on any atom is -0.461 e. The normalized spacial score (nSPS) is 10.4. The molecule has 0 atom stereocenters. The molecule has 110 valence electrons. The summed E-state index contributed by atoms with van der Waals surface area (Å²) in [6, 6.07) is 23.6. The van der Waals surface area contributed by atoms with Gasteiger partial charge in [0.15, 0.2) is 11.5 Å². The second kappa shape index (κ2) is 6.76. The highest BCUT2D eigenvalue weighted by atomic mass is 16.3. The fourth-order valence-electron chi connectivity index (χ4n) is 2.40. The predicted molar refractivity (Wildman–Crippen MR) is 87.5 cm³/mol. The lowest BCUT2D eigenvalue weighted by atomic mass is 10.2. The van der Waals surface area contributed by atoms with E-state index in [1.165, 1.54) is 6.26 Å². The summed E-state index contributed by atoms with van der Waals surface area (Å²) in [7, 11) is 0. The molecule has 1 aromatic heterocycles. The van der Waals surface area contributed by atoms with Crippen LogP contribution in [0.25, 0.3) is 0 Å². The van der Waals surface area contributed by atoms with Crippen LogP contribution in [0.1, 0.15) is 17.0 Å². The number of carbonyl (C=O) groups is 1. The number of rotatable bonds is 6. The molecule has 0 radical (unpaired) electrons. The monoisotopic (exact) mass is 291 g/mol. The molecule has 3 aromatic rings. The molecule has 3 heteroatoms. The maximum atomic E-state index is 12.2. The highest BCUT2D eigenvalue weighted by Crippen LogP contribution is 2.25. The van der Waals surface area contributed by atoms with Crippen LogP contribution < -0.4 is 4.90 Å². The third-order valence-corrected chi connectivity index (χ3v) is 3.49. The molecule has 0 aliphatic carbocycles. The third-order valence-electron chi connectivity index (χ3n) is 3.49. The zero-order valence-electron chi connectivity index (χ0n) is 12.2. The molecule has 0 aliphatic rings. The van der Waals surface area contributed by atoms with Crippen molar-refractivity contribution in [2.75, 3.05) is 11.4 Å². The first kappa shape index (κ1) is 14.1. The van der Waals surface area contributed by atoms with Crippen LogP contribution in [0.15, 0.2) is 83.5 Å². The number of benzene rings is 2. The highest BCUT2D eigenvalue weighted by molar-refractivity contribution is 5.93. The summed E-state index contributed by atoms with van der Waals surface area (Å²) >= 11 is 0. The Kier molecular flexibility index (Phi) is 4.35. The average Bonchev–Trinajstić information content (AvgIpc) is 3.11. The molecule has 0 fully saturated rings. The maximum Gasteiger partial charge on any atom is 0.199 e. The third kappa shape index (κ3) is 3.26. The molecule has 3 rings (SSSR count). The van der Waals surface area contributed by atoms with Crippen molar-refractivity contribution in [3.05, 3.63) is 84.8 Å². The van der Waals surface area contributed by atoms with Crippen LogP contribution in [0.2, 0.25) is 0 Å². The average molecular weight is 291 g/mol. The van der Waals surface area contributed by atoms with Gasteiger partial charge in [-0.25, -0.2) is 0 Å². The van der Waals surface area contributed by atoms with E-state index < -0.39 is 0 Å². The molecule has 0 saturated carbocycles. The van der Waals surface area contributed by atoms with Crippen molar-refractivity contribution in [3.63, 3.8) is 0 Å². The second-order valence-electron chi connectivity index (χ2n) is 4.97. The van der Waals surface area contributed by atoms with Crippen LogP contribution in [0, 0.1) is 0 Å². The number of para-hydroxylation sites is 2. The molecule has 0 amide bonds. The van der Waals surface area contributed by atoms with Crippen molar-refractivity contribution in [2.45, 2.75) is 6.42 Å². The van der Waals surface area contributed by atoms with Gasteiger partial charge in [-0.2, -0.15) is 0 Å². The molecule has 3 nitrogen and oxygen atoms in total. The van der Waals surface area contributed by atoms with E-state index >= 15 is 0 Å². The van der Waals surface area contributed by atoms with Crippen LogP contribution in [0.5, 0.6) is 0 Å². The van der Waals surface area contributed by atoms with E-state index in [4.69, 9.17) is 4.42 Å². The van der Waals surface area contributed by atoms with Gasteiger partial charge in [0.2, 0.25) is 0 Å².